The van der Waals surface area contributed by atoms with E-state index >= 15 is 0 Å². The average molecular weight is 676 g/mol. The molecule has 0 atom stereocenters. The minimum Gasteiger partial charge on any atom is -0.481 e. The van der Waals surface area contributed by atoms with Crippen LogP contribution in [0.2, 0.25) is 10.0 Å². The number of fused-ring (bicyclic) bond motifs is 2. The summed E-state index contributed by atoms with van der Waals surface area (Å²) in [6.07, 6.45) is 1.48. The van der Waals surface area contributed by atoms with Crippen molar-refractivity contribution in [2.45, 2.75) is 6.92 Å². The van der Waals surface area contributed by atoms with Crippen molar-refractivity contribution >= 4 is 78.8 Å². The number of hydrogen-bond donors (Lipinski definition) is 1. The van der Waals surface area contributed by atoms with E-state index in [0.29, 0.717) is 48.7 Å². The first-order chi connectivity index (χ1) is 20.7. The largest absolute Gasteiger partial charge is 0.481 e. The summed E-state index contributed by atoms with van der Waals surface area (Å²) >= 11 is 16.1. The van der Waals surface area contributed by atoms with Crippen LogP contribution >= 0.6 is 39.1 Å². The topological polar surface area (TPSA) is 98.7 Å². The van der Waals surface area contributed by atoms with E-state index in [-0.39, 0.29) is 28.9 Å². The van der Waals surface area contributed by atoms with E-state index in [2.05, 4.69) is 31.3 Å². The van der Waals surface area contributed by atoms with Crippen LogP contribution in [0.4, 0.5) is 5.69 Å². The van der Waals surface area contributed by atoms with Crippen LogP contribution in [0.3, 0.4) is 0 Å². The standard InChI is InChI=1S/C32H21BrCl2N4O4/c1-18-6-9-22(10-7-18)37-29(40)17-42-30-24(33)12-19(13-25(30)35)16-36-39-31(38-26-5-3-2-4-23(26)32(39)41)28-15-20-14-21(34)8-11-27(20)43-28/h2-16H,17H2,1H3,(H,37,40). The van der Waals surface area contributed by atoms with E-state index in [1.54, 1.807) is 60.7 Å². The lowest BCUT2D eigenvalue weighted by molar-refractivity contribution is -0.118. The Balaban J connectivity index is 1.29. The Labute approximate surface area is 263 Å². The Morgan fingerprint density at radius 3 is 2.65 bits per heavy atom. The van der Waals surface area contributed by atoms with Gasteiger partial charge in [-0.05, 0) is 89.1 Å². The van der Waals surface area contributed by atoms with Gasteiger partial charge in [0.25, 0.3) is 11.5 Å². The molecule has 0 bridgehead atoms. The van der Waals surface area contributed by atoms with Crippen LogP contribution in [0.5, 0.6) is 5.75 Å². The fraction of sp³-hybridized carbons (Fsp3) is 0.0625. The van der Waals surface area contributed by atoms with Gasteiger partial charge in [0.1, 0.15) is 5.58 Å². The van der Waals surface area contributed by atoms with Gasteiger partial charge in [0.15, 0.2) is 18.1 Å². The Hall–Kier alpha value is -4.44. The molecule has 0 spiro atoms. The number of halogens is 3. The normalized spacial score (nSPS) is 11.4. The van der Waals surface area contributed by atoms with Gasteiger partial charge in [-0.25, -0.2) is 4.98 Å². The molecule has 4 aromatic carbocycles. The summed E-state index contributed by atoms with van der Waals surface area (Å²) in [5.41, 5.74) is 3.05. The maximum absolute atomic E-state index is 13.6. The zero-order valence-electron chi connectivity index (χ0n) is 22.5. The summed E-state index contributed by atoms with van der Waals surface area (Å²) < 4.78 is 13.4. The van der Waals surface area contributed by atoms with E-state index in [1.807, 2.05) is 31.2 Å². The highest BCUT2D eigenvalue weighted by Crippen LogP contribution is 2.34. The molecule has 6 rings (SSSR count). The predicted molar refractivity (Wildman–Crippen MR) is 174 cm³/mol. The molecular formula is C32H21BrCl2N4O4. The molecule has 11 heteroatoms. The van der Waals surface area contributed by atoms with Crippen molar-refractivity contribution in [3.63, 3.8) is 0 Å². The summed E-state index contributed by atoms with van der Waals surface area (Å²) in [5.74, 6) is 0.534. The first-order valence-electron chi connectivity index (χ1n) is 13.0. The minimum atomic E-state index is -0.375. The number of amides is 1. The van der Waals surface area contributed by atoms with E-state index in [4.69, 9.17) is 32.4 Å². The number of aromatic nitrogens is 2. The van der Waals surface area contributed by atoms with Gasteiger partial charge in [-0.15, -0.1) is 0 Å². The maximum atomic E-state index is 13.6. The van der Waals surface area contributed by atoms with E-state index in [1.165, 1.54) is 10.9 Å². The summed E-state index contributed by atoms with van der Waals surface area (Å²) in [6, 6.07) is 24.8. The molecule has 0 saturated heterocycles. The fourth-order valence-electron chi connectivity index (χ4n) is 4.40. The molecule has 1 N–H and O–H groups in total. The number of carbonyl (C=O) groups excluding carboxylic acids is 1. The Morgan fingerprint density at radius 1 is 1.07 bits per heavy atom. The van der Waals surface area contributed by atoms with Gasteiger partial charge in [-0.2, -0.15) is 9.78 Å². The minimum absolute atomic E-state index is 0.219. The second kappa shape index (κ2) is 12.0. The molecule has 2 heterocycles. The van der Waals surface area contributed by atoms with Gasteiger partial charge in [-0.3, -0.25) is 9.59 Å². The highest BCUT2D eigenvalue weighted by Gasteiger charge is 2.17. The lowest BCUT2D eigenvalue weighted by Gasteiger charge is -2.12. The summed E-state index contributed by atoms with van der Waals surface area (Å²) in [4.78, 5) is 30.6. The van der Waals surface area contributed by atoms with Crippen molar-refractivity contribution in [3.8, 4) is 17.3 Å². The van der Waals surface area contributed by atoms with Gasteiger partial charge in [-0.1, -0.05) is 53.0 Å². The lowest BCUT2D eigenvalue weighted by Crippen LogP contribution is -2.20. The molecule has 0 radical (unpaired) electrons. The van der Waals surface area contributed by atoms with Gasteiger partial charge < -0.3 is 14.5 Å². The van der Waals surface area contributed by atoms with Crippen LogP contribution in [0.15, 0.2) is 104 Å². The number of nitrogens with zero attached hydrogens (tertiary/aromatic N) is 3. The molecule has 8 nitrogen and oxygen atoms in total. The first-order valence-corrected chi connectivity index (χ1v) is 14.5. The maximum Gasteiger partial charge on any atom is 0.282 e. The van der Waals surface area contributed by atoms with Crippen LogP contribution in [0, 0.1) is 6.92 Å². The van der Waals surface area contributed by atoms with Crippen LogP contribution in [0.25, 0.3) is 33.5 Å². The molecule has 1 amide bonds. The molecular weight excluding hydrogens is 655 g/mol. The number of hydrogen-bond acceptors (Lipinski definition) is 6. The number of aryl methyl sites for hydroxylation is 1. The lowest BCUT2D eigenvalue weighted by atomic mass is 10.2. The highest BCUT2D eigenvalue weighted by molar-refractivity contribution is 9.10. The number of rotatable bonds is 7. The highest BCUT2D eigenvalue weighted by atomic mass is 79.9. The number of anilines is 1. The Bertz CT molecular complexity index is 2080. The molecule has 0 aliphatic rings. The summed E-state index contributed by atoms with van der Waals surface area (Å²) in [6.45, 7) is 1.72. The summed E-state index contributed by atoms with van der Waals surface area (Å²) in [5, 5.41) is 9.22. The van der Waals surface area contributed by atoms with Crippen molar-refractivity contribution in [3.05, 3.63) is 121 Å². The van der Waals surface area contributed by atoms with Crippen LogP contribution in [0.1, 0.15) is 11.1 Å². The van der Waals surface area contributed by atoms with Crippen molar-refractivity contribution < 1.29 is 13.9 Å². The Morgan fingerprint density at radius 2 is 1.86 bits per heavy atom. The van der Waals surface area contributed by atoms with E-state index < -0.39 is 0 Å². The van der Waals surface area contributed by atoms with Gasteiger partial charge in [0, 0.05) is 16.1 Å². The van der Waals surface area contributed by atoms with E-state index in [9.17, 15) is 9.59 Å². The molecule has 214 valence electrons. The van der Waals surface area contributed by atoms with Crippen molar-refractivity contribution in [1.82, 2.24) is 9.66 Å². The first kappa shape index (κ1) is 28.7. The smallest absolute Gasteiger partial charge is 0.282 e. The molecule has 0 unspecified atom stereocenters. The molecule has 0 saturated carbocycles. The van der Waals surface area contributed by atoms with Gasteiger partial charge >= 0.3 is 0 Å². The third-order valence-corrected chi connectivity index (χ3v) is 7.58. The monoisotopic (exact) mass is 674 g/mol. The predicted octanol–water partition coefficient (Wildman–Crippen LogP) is 8.09. The van der Waals surface area contributed by atoms with Gasteiger partial charge in [0.05, 0.1) is 26.6 Å². The second-order valence-electron chi connectivity index (χ2n) is 9.62. The van der Waals surface area contributed by atoms with E-state index in [0.717, 1.165) is 10.9 Å². The number of carbonyl (C=O) groups is 1. The molecule has 6 aromatic rings. The summed E-state index contributed by atoms with van der Waals surface area (Å²) in [7, 11) is 0. The second-order valence-corrected chi connectivity index (χ2v) is 11.3. The molecule has 43 heavy (non-hydrogen) atoms. The average Bonchev–Trinajstić information content (AvgIpc) is 3.40. The quantitative estimate of drug-likeness (QED) is 0.173. The SMILES string of the molecule is Cc1ccc(NC(=O)COc2c(Cl)cc(C=Nn3c(-c4cc5cc(Cl)ccc5o4)nc4ccccc4c3=O)cc2Br)cc1. The fourth-order valence-corrected chi connectivity index (χ4v) is 5.57. The van der Waals surface area contributed by atoms with Crippen molar-refractivity contribution in [2.24, 2.45) is 5.10 Å². The molecule has 0 aliphatic carbocycles. The zero-order chi connectivity index (χ0) is 30.1. The Kier molecular flexibility index (Phi) is 8.03. The van der Waals surface area contributed by atoms with Crippen molar-refractivity contribution in [1.29, 1.82) is 0 Å². The van der Waals surface area contributed by atoms with Crippen LogP contribution in [-0.2, 0) is 4.79 Å². The number of para-hydroxylation sites is 1. The van der Waals surface area contributed by atoms with Gasteiger partial charge in [0.2, 0.25) is 5.82 Å². The number of nitrogens with one attached hydrogen (secondary N) is 1. The molecule has 0 fully saturated rings. The number of ether oxygens (including phenoxy) is 1. The van der Waals surface area contributed by atoms with Crippen LogP contribution < -0.4 is 15.6 Å². The third kappa shape index (κ3) is 6.19. The molecule has 2 aromatic heterocycles. The van der Waals surface area contributed by atoms with Crippen LogP contribution in [-0.4, -0.2) is 28.4 Å². The number of furan rings is 1. The third-order valence-electron chi connectivity index (χ3n) is 6.48. The van der Waals surface area contributed by atoms with Crippen molar-refractivity contribution in [2.75, 3.05) is 11.9 Å². The zero-order valence-corrected chi connectivity index (χ0v) is 25.6. The molecule has 0 aliphatic heterocycles. The number of benzene rings is 4.